The molecule has 2 aliphatic rings. The lowest BCUT2D eigenvalue weighted by Gasteiger charge is -2.29. The summed E-state index contributed by atoms with van der Waals surface area (Å²) in [7, 11) is 0. The lowest BCUT2D eigenvalue weighted by molar-refractivity contribution is -0.136. The van der Waals surface area contributed by atoms with Gasteiger partial charge < -0.3 is 20.7 Å². The summed E-state index contributed by atoms with van der Waals surface area (Å²) in [4.78, 5) is 37.9. The molecule has 0 aromatic heterocycles. The molecule has 0 aliphatic carbocycles. The zero-order valence-electron chi connectivity index (χ0n) is 14.6. The molecule has 0 radical (unpaired) electrons. The monoisotopic (exact) mass is 360 g/mol. The van der Waals surface area contributed by atoms with Gasteiger partial charge in [0.15, 0.2) is 0 Å². The molecular formula is C18H24N4O4. The van der Waals surface area contributed by atoms with Crippen molar-refractivity contribution in [1.29, 1.82) is 0 Å². The summed E-state index contributed by atoms with van der Waals surface area (Å²) in [6.07, 6.45) is 0.629. The Bertz CT molecular complexity index is 706. The third-order valence-corrected chi connectivity index (χ3v) is 4.64. The van der Waals surface area contributed by atoms with E-state index in [1.54, 1.807) is 4.90 Å². The van der Waals surface area contributed by atoms with Gasteiger partial charge in [-0.2, -0.15) is 0 Å². The molecule has 0 spiro atoms. The maximum absolute atomic E-state index is 12.9. The molecule has 1 saturated heterocycles. The summed E-state index contributed by atoms with van der Waals surface area (Å²) >= 11 is 0. The van der Waals surface area contributed by atoms with E-state index in [1.807, 2.05) is 18.2 Å². The predicted octanol–water partition coefficient (Wildman–Crippen LogP) is -0.487. The van der Waals surface area contributed by atoms with Gasteiger partial charge in [-0.05, 0) is 17.5 Å². The van der Waals surface area contributed by atoms with Gasteiger partial charge in [-0.25, -0.2) is 0 Å². The maximum atomic E-state index is 12.9. The van der Waals surface area contributed by atoms with Crippen LogP contribution in [-0.4, -0.2) is 55.0 Å². The van der Waals surface area contributed by atoms with Crippen LogP contribution in [0.5, 0.6) is 0 Å². The third-order valence-electron chi connectivity index (χ3n) is 4.64. The van der Waals surface area contributed by atoms with Crippen LogP contribution >= 0.6 is 0 Å². The quantitative estimate of drug-likeness (QED) is 0.426. The minimum atomic E-state index is -0.585. The molecule has 2 heterocycles. The first-order valence-electron chi connectivity index (χ1n) is 8.85. The van der Waals surface area contributed by atoms with E-state index in [2.05, 4.69) is 10.6 Å². The Morgan fingerprint density at radius 1 is 1.27 bits per heavy atom. The number of hydrogen-bond acceptors (Lipinski definition) is 6. The Morgan fingerprint density at radius 3 is 2.88 bits per heavy atom. The second kappa shape index (κ2) is 8.39. The molecule has 1 aromatic carbocycles. The van der Waals surface area contributed by atoms with Crippen LogP contribution in [0.1, 0.15) is 34.3 Å². The molecule has 0 bridgehead atoms. The number of hydrogen-bond donors (Lipinski definition) is 3. The van der Waals surface area contributed by atoms with Crippen LogP contribution in [-0.2, 0) is 27.4 Å². The number of piperidine rings is 1. The maximum Gasteiger partial charge on any atom is 0.255 e. The standard InChI is InChI=1S/C18H24N4O4/c19-6-8-26-9-7-20-10-12-2-1-3-13-11-22(18(25)16(12)13)14-4-5-15(23)21-17(14)24/h1-3,14,20H,4-11,19H2,(H,21,23,24). The molecule has 4 N–H and O–H groups in total. The van der Waals surface area contributed by atoms with E-state index in [9.17, 15) is 14.4 Å². The zero-order valence-corrected chi connectivity index (χ0v) is 14.6. The number of fused-ring (bicyclic) bond motifs is 1. The van der Waals surface area contributed by atoms with Gasteiger partial charge in [-0.3, -0.25) is 19.7 Å². The van der Waals surface area contributed by atoms with Crippen LogP contribution < -0.4 is 16.4 Å². The van der Waals surface area contributed by atoms with Crippen molar-refractivity contribution in [2.45, 2.75) is 32.0 Å². The van der Waals surface area contributed by atoms with Crippen LogP contribution in [0.3, 0.4) is 0 Å². The summed E-state index contributed by atoms with van der Waals surface area (Å²) < 4.78 is 5.32. The van der Waals surface area contributed by atoms with E-state index < -0.39 is 6.04 Å². The Balaban J connectivity index is 1.64. The molecule has 8 heteroatoms. The molecule has 2 aliphatic heterocycles. The third kappa shape index (κ3) is 3.92. The average Bonchev–Trinajstić information content (AvgIpc) is 2.95. The number of benzene rings is 1. The highest BCUT2D eigenvalue weighted by molar-refractivity contribution is 6.05. The number of rotatable bonds is 8. The number of carbonyl (C=O) groups excluding carboxylic acids is 3. The Morgan fingerprint density at radius 2 is 2.12 bits per heavy atom. The smallest absolute Gasteiger partial charge is 0.255 e. The van der Waals surface area contributed by atoms with Crippen molar-refractivity contribution in [2.75, 3.05) is 26.3 Å². The lowest BCUT2D eigenvalue weighted by Crippen LogP contribution is -2.52. The van der Waals surface area contributed by atoms with Gasteiger partial charge >= 0.3 is 0 Å². The first-order valence-corrected chi connectivity index (χ1v) is 8.85. The van der Waals surface area contributed by atoms with Crippen LogP contribution in [0.25, 0.3) is 0 Å². The summed E-state index contributed by atoms with van der Waals surface area (Å²) in [6.45, 7) is 3.19. The fourth-order valence-corrected chi connectivity index (χ4v) is 3.39. The summed E-state index contributed by atoms with van der Waals surface area (Å²) in [5, 5.41) is 5.58. The van der Waals surface area contributed by atoms with Crippen LogP contribution in [0.4, 0.5) is 0 Å². The second-order valence-corrected chi connectivity index (χ2v) is 6.43. The van der Waals surface area contributed by atoms with Crippen molar-refractivity contribution in [3.8, 4) is 0 Å². The van der Waals surface area contributed by atoms with Gasteiger partial charge in [0, 0.05) is 38.2 Å². The van der Waals surface area contributed by atoms with Gasteiger partial charge in [0.25, 0.3) is 5.91 Å². The second-order valence-electron chi connectivity index (χ2n) is 6.43. The molecule has 1 aromatic rings. The predicted molar refractivity (Wildman–Crippen MR) is 94.1 cm³/mol. The van der Waals surface area contributed by atoms with E-state index in [4.69, 9.17) is 10.5 Å². The number of amides is 3. The molecule has 8 nitrogen and oxygen atoms in total. The fraction of sp³-hybridized carbons (Fsp3) is 0.500. The minimum absolute atomic E-state index is 0.147. The van der Waals surface area contributed by atoms with E-state index in [-0.39, 0.29) is 24.1 Å². The molecule has 3 rings (SSSR count). The van der Waals surface area contributed by atoms with Crippen molar-refractivity contribution >= 4 is 17.7 Å². The molecule has 140 valence electrons. The molecule has 0 saturated carbocycles. The van der Waals surface area contributed by atoms with Crippen molar-refractivity contribution < 1.29 is 19.1 Å². The zero-order chi connectivity index (χ0) is 18.5. The highest BCUT2D eigenvalue weighted by Crippen LogP contribution is 2.29. The highest BCUT2D eigenvalue weighted by atomic mass is 16.5. The van der Waals surface area contributed by atoms with E-state index >= 15 is 0 Å². The van der Waals surface area contributed by atoms with Gasteiger partial charge in [0.2, 0.25) is 11.8 Å². The van der Waals surface area contributed by atoms with Crippen LogP contribution in [0.15, 0.2) is 18.2 Å². The molecule has 1 fully saturated rings. The first kappa shape index (κ1) is 18.5. The number of nitrogens with two attached hydrogens (primary N) is 1. The molecular weight excluding hydrogens is 336 g/mol. The number of nitrogens with zero attached hydrogens (tertiary/aromatic N) is 1. The Hall–Kier alpha value is -2.29. The van der Waals surface area contributed by atoms with Crippen molar-refractivity contribution in [1.82, 2.24) is 15.5 Å². The van der Waals surface area contributed by atoms with Crippen LogP contribution in [0.2, 0.25) is 0 Å². The van der Waals surface area contributed by atoms with Crippen molar-refractivity contribution in [3.63, 3.8) is 0 Å². The molecule has 3 amide bonds. The Kier molecular flexibility index (Phi) is 5.97. The summed E-state index contributed by atoms with van der Waals surface area (Å²) in [5.74, 6) is -0.817. The number of ether oxygens (including phenoxy) is 1. The normalized spacial score (nSPS) is 19.7. The van der Waals surface area contributed by atoms with Gasteiger partial charge in [-0.15, -0.1) is 0 Å². The number of imide groups is 1. The average molecular weight is 360 g/mol. The van der Waals surface area contributed by atoms with E-state index in [0.29, 0.717) is 51.4 Å². The molecule has 1 atom stereocenters. The summed E-state index contributed by atoms with van der Waals surface area (Å²) in [6, 6.07) is 5.16. The minimum Gasteiger partial charge on any atom is -0.379 e. The molecule has 26 heavy (non-hydrogen) atoms. The van der Waals surface area contributed by atoms with Crippen molar-refractivity contribution in [3.05, 3.63) is 34.9 Å². The SMILES string of the molecule is NCCOCCNCc1cccc2c1C(=O)N(C1CCC(=O)NC1=O)C2. The summed E-state index contributed by atoms with van der Waals surface area (Å²) in [5.41, 5.74) is 7.85. The van der Waals surface area contributed by atoms with Crippen LogP contribution in [0, 0.1) is 0 Å². The largest absolute Gasteiger partial charge is 0.379 e. The topological polar surface area (TPSA) is 114 Å². The van der Waals surface area contributed by atoms with E-state index in [0.717, 1.165) is 11.1 Å². The number of carbonyl (C=O) groups is 3. The fourth-order valence-electron chi connectivity index (χ4n) is 3.39. The highest BCUT2D eigenvalue weighted by Gasteiger charge is 2.39. The van der Waals surface area contributed by atoms with Gasteiger partial charge in [0.05, 0.1) is 13.2 Å². The van der Waals surface area contributed by atoms with Gasteiger partial charge in [-0.1, -0.05) is 18.2 Å². The van der Waals surface area contributed by atoms with Gasteiger partial charge in [0.1, 0.15) is 6.04 Å². The Labute approximate surface area is 152 Å². The van der Waals surface area contributed by atoms with Crippen molar-refractivity contribution in [2.24, 2.45) is 5.73 Å². The number of nitrogens with one attached hydrogen (secondary N) is 2. The van der Waals surface area contributed by atoms with E-state index in [1.165, 1.54) is 0 Å². The first-order chi connectivity index (χ1) is 12.6. The molecule has 1 unspecified atom stereocenters. The lowest BCUT2D eigenvalue weighted by atomic mass is 10.0.